The zero-order valence-electron chi connectivity index (χ0n) is 20.2. The van der Waals surface area contributed by atoms with Gasteiger partial charge in [0.1, 0.15) is 18.0 Å². The Morgan fingerprint density at radius 1 is 1.25 bits per heavy atom. The quantitative estimate of drug-likeness (QED) is 0.637. The van der Waals surface area contributed by atoms with Gasteiger partial charge in [-0.25, -0.2) is 4.39 Å². The number of amides is 2. The lowest BCUT2D eigenvalue weighted by atomic mass is 9.84. The Morgan fingerprint density at radius 2 is 1.88 bits per heavy atom. The maximum atomic E-state index is 15.3. The molecule has 3 rings (SSSR count). The summed E-state index contributed by atoms with van der Waals surface area (Å²) in [6.45, 7) is 12.3. The third-order valence-electron chi connectivity index (χ3n) is 6.32. The Morgan fingerprint density at radius 3 is 2.44 bits per heavy atom. The van der Waals surface area contributed by atoms with Gasteiger partial charge in [-0.2, -0.15) is 0 Å². The molecule has 7 heteroatoms. The normalized spacial score (nSPS) is 19.4. The first-order valence-corrected chi connectivity index (χ1v) is 11.4. The van der Waals surface area contributed by atoms with Gasteiger partial charge < -0.3 is 15.0 Å². The molecule has 1 fully saturated rings. The molecule has 0 unspecified atom stereocenters. The van der Waals surface area contributed by atoms with E-state index in [1.807, 2.05) is 34.6 Å². The smallest absolute Gasteiger partial charge is 0.306 e. The van der Waals surface area contributed by atoms with E-state index >= 15 is 4.39 Å². The van der Waals surface area contributed by atoms with Crippen molar-refractivity contribution in [1.29, 1.82) is 0 Å². The van der Waals surface area contributed by atoms with Gasteiger partial charge in [0.15, 0.2) is 0 Å². The van der Waals surface area contributed by atoms with Crippen LogP contribution in [0.2, 0.25) is 0 Å². The molecule has 32 heavy (non-hydrogen) atoms. The highest BCUT2D eigenvalue weighted by Gasteiger charge is 2.47. The monoisotopic (exact) mass is 446 g/mol. The maximum absolute atomic E-state index is 15.3. The molecule has 2 aliphatic rings. The summed E-state index contributed by atoms with van der Waals surface area (Å²) < 4.78 is 20.6. The number of ether oxygens (including phenoxy) is 1. The molecule has 1 saturated carbocycles. The summed E-state index contributed by atoms with van der Waals surface area (Å²) in [7, 11) is 0. The number of anilines is 1. The molecule has 2 amide bonds. The van der Waals surface area contributed by atoms with E-state index in [1.54, 1.807) is 26.0 Å². The van der Waals surface area contributed by atoms with Crippen LogP contribution >= 0.6 is 0 Å². The Bertz CT molecular complexity index is 931. The fourth-order valence-electron chi connectivity index (χ4n) is 4.23. The van der Waals surface area contributed by atoms with Gasteiger partial charge in [0, 0.05) is 11.6 Å². The zero-order chi connectivity index (χ0) is 24.0. The van der Waals surface area contributed by atoms with E-state index in [-0.39, 0.29) is 54.4 Å². The predicted molar refractivity (Wildman–Crippen MR) is 121 cm³/mol. The van der Waals surface area contributed by atoms with Gasteiger partial charge in [-0.3, -0.25) is 14.4 Å². The highest BCUT2D eigenvalue weighted by atomic mass is 19.1. The van der Waals surface area contributed by atoms with Gasteiger partial charge in [-0.05, 0) is 77.8 Å². The average Bonchev–Trinajstić information content (AvgIpc) is 3.45. The van der Waals surface area contributed by atoms with E-state index in [4.69, 9.17) is 4.74 Å². The molecule has 6 nitrogen and oxygen atoms in total. The van der Waals surface area contributed by atoms with E-state index < -0.39 is 11.0 Å². The SMILES string of the molecule is C[C@H](CC(=O)OC(C)(C)C)[C@@H](C)NC(=O)CN1C(=O)C(C)(C)c2c1ccc(C1CC1)c2F. The van der Waals surface area contributed by atoms with Crippen LogP contribution in [0.25, 0.3) is 0 Å². The summed E-state index contributed by atoms with van der Waals surface area (Å²) in [4.78, 5) is 39.3. The second kappa shape index (κ2) is 8.49. The number of fused-ring (bicyclic) bond motifs is 1. The molecular weight excluding hydrogens is 411 g/mol. The number of benzene rings is 1. The number of nitrogens with one attached hydrogen (secondary N) is 1. The van der Waals surface area contributed by atoms with E-state index in [0.29, 0.717) is 16.8 Å². The average molecular weight is 447 g/mol. The van der Waals surface area contributed by atoms with Crippen LogP contribution in [0.3, 0.4) is 0 Å². The first-order chi connectivity index (χ1) is 14.7. The van der Waals surface area contributed by atoms with E-state index in [1.165, 1.54) is 4.90 Å². The Hall–Kier alpha value is -2.44. The number of nitrogens with zero attached hydrogens (tertiary/aromatic N) is 1. The molecule has 1 aromatic rings. The van der Waals surface area contributed by atoms with Gasteiger partial charge >= 0.3 is 5.97 Å². The van der Waals surface area contributed by atoms with Crippen molar-refractivity contribution in [3.05, 3.63) is 29.1 Å². The number of carbonyl (C=O) groups is 3. The largest absolute Gasteiger partial charge is 0.460 e. The van der Waals surface area contributed by atoms with Crippen LogP contribution in [-0.4, -0.2) is 36.0 Å². The topological polar surface area (TPSA) is 75.7 Å². The fourth-order valence-corrected chi connectivity index (χ4v) is 4.23. The van der Waals surface area contributed by atoms with Crippen molar-refractivity contribution in [3.8, 4) is 0 Å². The van der Waals surface area contributed by atoms with Crippen molar-refractivity contribution in [2.75, 3.05) is 11.4 Å². The van der Waals surface area contributed by atoms with Crippen LogP contribution in [0, 0.1) is 11.7 Å². The molecule has 176 valence electrons. The molecule has 0 bridgehead atoms. The van der Waals surface area contributed by atoms with Crippen molar-refractivity contribution in [3.63, 3.8) is 0 Å². The molecule has 0 radical (unpaired) electrons. The lowest BCUT2D eigenvalue weighted by molar-refractivity contribution is -0.156. The van der Waals surface area contributed by atoms with E-state index in [0.717, 1.165) is 12.8 Å². The van der Waals surface area contributed by atoms with Gasteiger partial charge in [0.25, 0.3) is 0 Å². The maximum Gasteiger partial charge on any atom is 0.306 e. The Kier molecular flexibility index (Phi) is 6.42. The predicted octanol–water partition coefficient (Wildman–Crippen LogP) is 4.20. The van der Waals surface area contributed by atoms with E-state index in [2.05, 4.69) is 5.32 Å². The van der Waals surface area contributed by atoms with Crippen LogP contribution in [0.4, 0.5) is 10.1 Å². The third kappa shape index (κ3) is 4.97. The molecule has 0 aromatic heterocycles. The lowest BCUT2D eigenvalue weighted by Crippen LogP contribution is -2.46. The molecule has 0 saturated heterocycles. The molecule has 1 aromatic carbocycles. The second-order valence-corrected chi connectivity index (χ2v) is 10.8. The Balaban J connectivity index is 1.67. The van der Waals surface area contributed by atoms with Crippen LogP contribution in [-0.2, 0) is 24.5 Å². The van der Waals surface area contributed by atoms with Crippen molar-refractivity contribution in [1.82, 2.24) is 5.32 Å². The zero-order valence-corrected chi connectivity index (χ0v) is 20.2. The van der Waals surface area contributed by atoms with Crippen molar-refractivity contribution in [2.45, 2.75) is 90.7 Å². The minimum Gasteiger partial charge on any atom is -0.460 e. The number of rotatable bonds is 7. The second-order valence-electron chi connectivity index (χ2n) is 10.8. The molecule has 1 N–H and O–H groups in total. The summed E-state index contributed by atoms with van der Waals surface area (Å²) in [5.74, 6) is -1.19. The summed E-state index contributed by atoms with van der Waals surface area (Å²) in [6, 6.07) is 3.21. The molecule has 0 spiro atoms. The molecule has 1 heterocycles. The highest BCUT2D eigenvalue weighted by Crippen LogP contribution is 2.48. The number of hydrogen-bond acceptors (Lipinski definition) is 4. The van der Waals surface area contributed by atoms with Crippen LogP contribution in [0.5, 0.6) is 0 Å². The van der Waals surface area contributed by atoms with Crippen molar-refractivity contribution >= 4 is 23.5 Å². The first-order valence-electron chi connectivity index (χ1n) is 11.4. The Labute approximate surface area is 189 Å². The van der Waals surface area contributed by atoms with Crippen LogP contribution < -0.4 is 10.2 Å². The summed E-state index contributed by atoms with van der Waals surface area (Å²) in [6.07, 6.45) is 2.11. The summed E-state index contributed by atoms with van der Waals surface area (Å²) in [5.41, 5.74) is -0.0767. The summed E-state index contributed by atoms with van der Waals surface area (Å²) in [5, 5.41) is 2.87. The number of hydrogen-bond donors (Lipinski definition) is 1. The third-order valence-corrected chi connectivity index (χ3v) is 6.32. The fraction of sp³-hybridized carbons (Fsp3) is 0.640. The van der Waals surface area contributed by atoms with Gasteiger partial charge in [-0.15, -0.1) is 0 Å². The molecule has 1 aliphatic heterocycles. The molecule has 1 aliphatic carbocycles. The summed E-state index contributed by atoms with van der Waals surface area (Å²) >= 11 is 0. The van der Waals surface area contributed by atoms with Crippen molar-refractivity contribution in [2.24, 2.45) is 5.92 Å². The molecular formula is C25H35FN2O4. The lowest BCUT2D eigenvalue weighted by Gasteiger charge is -2.25. The van der Waals surface area contributed by atoms with Gasteiger partial charge in [0.2, 0.25) is 11.8 Å². The minimum atomic E-state index is -1.03. The van der Waals surface area contributed by atoms with Crippen LogP contribution in [0.1, 0.15) is 84.8 Å². The standard InChI is InChI=1S/C25H35FN2O4/c1-14(12-20(30)32-24(3,4)5)15(2)27-19(29)13-28-18-11-10-17(16-8-9-16)22(26)21(18)25(6,7)23(28)31/h10-11,14-16H,8-9,12-13H2,1-7H3,(H,27,29)/t14-,15-/m1/s1. The van der Waals surface area contributed by atoms with Gasteiger partial charge in [-0.1, -0.05) is 13.0 Å². The van der Waals surface area contributed by atoms with Crippen molar-refractivity contribution < 1.29 is 23.5 Å². The number of carbonyl (C=O) groups excluding carboxylic acids is 3. The van der Waals surface area contributed by atoms with Gasteiger partial charge in [0.05, 0.1) is 17.5 Å². The van der Waals surface area contributed by atoms with Crippen LogP contribution in [0.15, 0.2) is 12.1 Å². The minimum absolute atomic E-state index is 0.148. The number of esters is 1. The number of halogens is 1. The highest BCUT2D eigenvalue weighted by molar-refractivity contribution is 6.10. The first kappa shape index (κ1) is 24.2. The van der Waals surface area contributed by atoms with E-state index in [9.17, 15) is 14.4 Å². The molecule has 2 atom stereocenters.